The summed E-state index contributed by atoms with van der Waals surface area (Å²) in [6.07, 6.45) is -0.740. The van der Waals surface area contributed by atoms with Gasteiger partial charge in [-0.15, -0.1) is 11.3 Å². The van der Waals surface area contributed by atoms with Gasteiger partial charge >= 0.3 is 0 Å². The second-order valence-corrected chi connectivity index (χ2v) is 16.6. The summed E-state index contributed by atoms with van der Waals surface area (Å²) in [4.78, 5) is 68.8. The van der Waals surface area contributed by atoms with Crippen molar-refractivity contribution in [2.75, 3.05) is 49.5 Å². The fraction of sp³-hybridized carbons (Fsp3) is 0.381. The molecule has 1 aromatic heterocycles. The molecule has 15 nitrogen and oxygen atoms in total. The van der Waals surface area contributed by atoms with Crippen LogP contribution in [-0.2, 0) is 20.9 Å². The lowest BCUT2D eigenvalue weighted by molar-refractivity contribution is -0.144. The normalized spacial score (nSPS) is 17.7. The van der Waals surface area contributed by atoms with E-state index in [0.29, 0.717) is 43.1 Å². The number of thiazole rings is 1. The molecular weight excluding hydrogens is 757 g/mol. The van der Waals surface area contributed by atoms with Crippen LogP contribution in [0.4, 0.5) is 17.1 Å². The summed E-state index contributed by atoms with van der Waals surface area (Å²) in [5.41, 5.74) is 17.6. The lowest BCUT2D eigenvalue weighted by Crippen LogP contribution is -2.59. The monoisotopic (exact) mass is 808 g/mol. The maximum atomic E-state index is 14.1. The van der Waals surface area contributed by atoms with Crippen LogP contribution in [0.1, 0.15) is 48.8 Å². The first kappa shape index (κ1) is 41.8. The van der Waals surface area contributed by atoms with Gasteiger partial charge in [0.15, 0.2) is 5.96 Å². The van der Waals surface area contributed by atoms with Crippen LogP contribution in [0.3, 0.4) is 0 Å². The average molecular weight is 809 g/mol. The number of carbonyl (C=O) groups is 4. The van der Waals surface area contributed by atoms with E-state index in [1.54, 1.807) is 35.6 Å². The number of likely N-dealkylation sites (tertiary alicyclic amines) is 1. The number of hydrogen-bond acceptors (Lipinski definition) is 10. The van der Waals surface area contributed by atoms with E-state index in [4.69, 9.17) is 11.5 Å². The van der Waals surface area contributed by atoms with Crippen LogP contribution in [0.15, 0.2) is 83.3 Å². The van der Waals surface area contributed by atoms with Gasteiger partial charge in [0.05, 0.1) is 34.4 Å². The fourth-order valence-corrected chi connectivity index (χ4v) is 7.96. The number of aryl methyl sites for hydroxylation is 1. The molecular formula is C42H52N10O5S. The summed E-state index contributed by atoms with van der Waals surface area (Å²) in [6, 6.07) is 20.3. The number of nitrogens with two attached hydrogens (primary N) is 2. The minimum atomic E-state index is -0.910. The lowest BCUT2D eigenvalue weighted by atomic mass is 9.85. The number of amides is 4. The number of anilines is 2. The van der Waals surface area contributed by atoms with Gasteiger partial charge in [0.25, 0.3) is 5.91 Å². The van der Waals surface area contributed by atoms with Gasteiger partial charge in [-0.25, -0.2) is 9.98 Å². The van der Waals surface area contributed by atoms with E-state index in [1.165, 1.54) is 4.90 Å². The molecule has 8 N–H and O–H groups in total. The zero-order valence-corrected chi connectivity index (χ0v) is 34.1. The Morgan fingerprint density at radius 2 is 1.62 bits per heavy atom. The standard InChI is InChI=1S/C42H52N10O5S/c1-26-36(58-25-46-26)28-7-5-27(6-8-28)22-45-39(56)34-21-33(53)23-52(34)40(57)37(42(2,3)4)49-35(54)24-50-17-19-51(20-18-50)32-15-13-30(14-16-32)47-38(55)29-9-11-31(12-10-29)48-41(43)44/h5-16,25,33-34,37,53H,17-24H2,1-4H3,(H,45,56)(H,47,55)(H,49,54)(H4,43,44,48)/t33-,34+,37-/m1/s1. The summed E-state index contributed by atoms with van der Waals surface area (Å²) in [5.74, 6) is -1.35. The van der Waals surface area contributed by atoms with Crippen molar-refractivity contribution in [3.05, 3.63) is 95.1 Å². The maximum Gasteiger partial charge on any atom is 0.255 e. The summed E-state index contributed by atoms with van der Waals surface area (Å²) in [5, 5.41) is 19.4. The van der Waals surface area contributed by atoms with E-state index >= 15 is 0 Å². The number of benzene rings is 3. The summed E-state index contributed by atoms with van der Waals surface area (Å²) < 4.78 is 0. The molecule has 4 amide bonds. The van der Waals surface area contributed by atoms with Crippen LogP contribution in [0.2, 0.25) is 0 Å². The first-order chi connectivity index (χ1) is 27.6. The van der Waals surface area contributed by atoms with Crippen molar-refractivity contribution >= 4 is 58.0 Å². The number of rotatable bonds is 12. The highest BCUT2D eigenvalue weighted by atomic mass is 32.1. The molecule has 0 spiro atoms. The molecule has 0 unspecified atom stereocenters. The summed E-state index contributed by atoms with van der Waals surface area (Å²) in [6.45, 7) is 10.6. The first-order valence-corrected chi connectivity index (χ1v) is 20.2. The third kappa shape index (κ3) is 10.6. The Hall–Kier alpha value is -5.84. The van der Waals surface area contributed by atoms with Crippen molar-refractivity contribution < 1.29 is 24.3 Å². The molecule has 2 saturated heterocycles. The molecule has 58 heavy (non-hydrogen) atoms. The zero-order chi connectivity index (χ0) is 41.6. The van der Waals surface area contributed by atoms with Crippen LogP contribution in [0.5, 0.6) is 0 Å². The Labute approximate surface area is 342 Å². The van der Waals surface area contributed by atoms with E-state index < -0.39 is 29.5 Å². The minimum Gasteiger partial charge on any atom is -0.391 e. The van der Waals surface area contributed by atoms with Crippen molar-refractivity contribution in [2.24, 2.45) is 21.9 Å². The highest BCUT2D eigenvalue weighted by molar-refractivity contribution is 7.13. The van der Waals surface area contributed by atoms with Crippen molar-refractivity contribution in [1.29, 1.82) is 0 Å². The number of aliphatic hydroxyl groups excluding tert-OH is 1. The van der Waals surface area contributed by atoms with Gasteiger partial charge in [0.1, 0.15) is 12.1 Å². The van der Waals surface area contributed by atoms with Gasteiger partial charge in [0.2, 0.25) is 17.7 Å². The third-order valence-corrected chi connectivity index (χ3v) is 11.3. The highest BCUT2D eigenvalue weighted by Crippen LogP contribution is 2.29. The summed E-state index contributed by atoms with van der Waals surface area (Å²) in [7, 11) is 0. The molecule has 2 aliphatic rings. The number of guanidine groups is 1. The molecule has 306 valence electrons. The van der Waals surface area contributed by atoms with Crippen molar-refractivity contribution in [2.45, 2.75) is 58.8 Å². The Kier molecular flexibility index (Phi) is 13.1. The molecule has 3 heterocycles. The molecule has 3 atom stereocenters. The van der Waals surface area contributed by atoms with Crippen molar-refractivity contribution in [1.82, 2.24) is 25.4 Å². The van der Waals surface area contributed by atoms with Crippen LogP contribution in [-0.4, -0.2) is 107 Å². The number of nitrogens with zero attached hydrogens (tertiary/aromatic N) is 5. The molecule has 3 aromatic carbocycles. The molecule has 6 rings (SSSR count). The van der Waals surface area contributed by atoms with Crippen LogP contribution < -0.4 is 32.3 Å². The number of nitrogens with one attached hydrogen (secondary N) is 3. The molecule has 0 saturated carbocycles. The van der Waals surface area contributed by atoms with Crippen LogP contribution >= 0.6 is 11.3 Å². The van der Waals surface area contributed by atoms with Gasteiger partial charge in [-0.2, -0.15) is 0 Å². The topological polar surface area (TPSA) is 212 Å². The molecule has 4 aromatic rings. The molecule has 0 bridgehead atoms. The molecule has 2 aliphatic heterocycles. The quantitative estimate of drug-likeness (QED) is 0.0909. The molecule has 2 fully saturated rings. The van der Waals surface area contributed by atoms with Crippen molar-refractivity contribution in [3.8, 4) is 10.4 Å². The average Bonchev–Trinajstić information content (AvgIpc) is 3.81. The van der Waals surface area contributed by atoms with Gasteiger partial charge in [0, 0.05) is 62.6 Å². The number of hydrogen-bond donors (Lipinski definition) is 6. The zero-order valence-electron chi connectivity index (χ0n) is 33.3. The molecule has 16 heteroatoms. The first-order valence-electron chi connectivity index (χ1n) is 19.3. The lowest BCUT2D eigenvalue weighted by Gasteiger charge is -2.37. The second kappa shape index (κ2) is 18.2. The maximum absolute atomic E-state index is 14.1. The third-order valence-electron chi connectivity index (χ3n) is 10.3. The van der Waals surface area contributed by atoms with E-state index in [0.717, 1.165) is 27.4 Å². The van der Waals surface area contributed by atoms with E-state index in [2.05, 4.69) is 30.8 Å². The number of β-amino-alcohol motifs (C(OH)–C–C–N with tert-alkyl or cyclic N) is 1. The number of carbonyl (C=O) groups excluding carboxylic acids is 4. The number of aliphatic imine (C=N–C) groups is 1. The highest BCUT2D eigenvalue weighted by Gasteiger charge is 2.44. The van der Waals surface area contributed by atoms with Gasteiger partial charge in [-0.05, 0) is 72.0 Å². The van der Waals surface area contributed by atoms with Gasteiger partial charge in [-0.3, -0.25) is 24.1 Å². The Morgan fingerprint density at radius 3 is 2.22 bits per heavy atom. The SMILES string of the molecule is Cc1ncsc1-c1ccc(CNC(=O)[C@@H]2C[C@@H](O)CN2C(=O)[C@@H](NC(=O)CN2CCN(c3ccc(NC(=O)c4ccc(N=C(N)N)cc4)cc3)CC2)C(C)(C)C)cc1. The Balaban J connectivity index is 0.981. The molecule has 0 radical (unpaired) electrons. The predicted octanol–water partition coefficient (Wildman–Crippen LogP) is 3.21. The van der Waals surface area contributed by atoms with E-state index in [1.807, 2.05) is 86.6 Å². The second-order valence-electron chi connectivity index (χ2n) is 15.8. The molecule has 0 aliphatic carbocycles. The predicted molar refractivity (Wildman–Crippen MR) is 227 cm³/mol. The number of piperazine rings is 1. The smallest absolute Gasteiger partial charge is 0.255 e. The van der Waals surface area contributed by atoms with Gasteiger partial charge < -0.3 is 42.3 Å². The largest absolute Gasteiger partial charge is 0.391 e. The van der Waals surface area contributed by atoms with Crippen LogP contribution in [0, 0.1) is 12.3 Å². The number of aromatic nitrogens is 1. The Bertz CT molecular complexity index is 2100. The summed E-state index contributed by atoms with van der Waals surface area (Å²) >= 11 is 1.58. The van der Waals surface area contributed by atoms with Crippen LogP contribution in [0.25, 0.3) is 10.4 Å². The van der Waals surface area contributed by atoms with Crippen molar-refractivity contribution in [3.63, 3.8) is 0 Å². The number of aliphatic hydroxyl groups is 1. The van der Waals surface area contributed by atoms with E-state index in [-0.39, 0.29) is 49.7 Å². The van der Waals surface area contributed by atoms with E-state index in [9.17, 15) is 24.3 Å². The fourth-order valence-electron chi connectivity index (χ4n) is 7.15. The van der Waals surface area contributed by atoms with Gasteiger partial charge in [-0.1, -0.05) is 45.0 Å². The minimum absolute atomic E-state index is 0.00712. The Morgan fingerprint density at radius 1 is 0.948 bits per heavy atom.